The van der Waals surface area contributed by atoms with Gasteiger partial charge in [0.25, 0.3) is 0 Å². The first-order valence-corrected chi connectivity index (χ1v) is 7.82. The van der Waals surface area contributed by atoms with Crippen molar-refractivity contribution in [2.24, 2.45) is 0 Å². The molecule has 0 heterocycles. The first-order chi connectivity index (χ1) is 10.0. The highest BCUT2D eigenvalue weighted by molar-refractivity contribution is 7.99. The van der Waals surface area contributed by atoms with Crippen molar-refractivity contribution in [1.82, 2.24) is 5.32 Å². The average molecular weight is 307 g/mol. The van der Waals surface area contributed by atoms with Gasteiger partial charge in [-0.3, -0.25) is 0 Å². The summed E-state index contributed by atoms with van der Waals surface area (Å²) in [6.45, 7) is 4.16. The van der Waals surface area contributed by atoms with Crippen molar-refractivity contribution in [3.05, 3.63) is 64.7 Å². The van der Waals surface area contributed by atoms with Gasteiger partial charge in [0.15, 0.2) is 11.6 Å². The summed E-state index contributed by atoms with van der Waals surface area (Å²) >= 11 is 1.51. The van der Waals surface area contributed by atoms with Gasteiger partial charge in [-0.2, -0.15) is 0 Å². The lowest BCUT2D eigenvalue weighted by Crippen LogP contribution is -2.19. The van der Waals surface area contributed by atoms with Crippen molar-refractivity contribution in [3.8, 4) is 0 Å². The number of rotatable bonds is 5. The smallest absolute Gasteiger partial charge is 0.159 e. The summed E-state index contributed by atoms with van der Waals surface area (Å²) in [4.78, 5) is 0.735. The first-order valence-electron chi connectivity index (χ1n) is 6.83. The molecule has 4 heteroatoms. The van der Waals surface area contributed by atoms with Crippen LogP contribution in [0.3, 0.4) is 0 Å². The molecule has 0 aliphatic carbocycles. The predicted octanol–water partition coefficient (Wildman–Crippen LogP) is 4.63. The fourth-order valence-corrected chi connectivity index (χ4v) is 3.35. The van der Waals surface area contributed by atoms with Crippen LogP contribution in [0.5, 0.6) is 0 Å². The van der Waals surface area contributed by atoms with E-state index < -0.39 is 11.6 Å². The molecule has 0 aromatic heterocycles. The Morgan fingerprint density at radius 2 is 1.81 bits per heavy atom. The van der Waals surface area contributed by atoms with Gasteiger partial charge in [-0.25, -0.2) is 8.78 Å². The van der Waals surface area contributed by atoms with Crippen LogP contribution in [0.1, 0.15) is 22.7 Å². The SMILES string of the molecule is CNC(CSc1ccc(F)c(F)c1)c1ccc(C)cc1C. The lowest BCUT2D eigenvalue weighted by molar-refractivity contribution is 0.506. The second kappa shape index (κ2) is 7.05. The zero-order chi connectivity index (χ0) is 15.4. The van der Waals surface area contributed by atoms with Gasteiger partial charge in [-0.15, -0.1) is 11.8 Å². The number of hydrogen-bond donors (Lipinski definition) is 1. The molecule has 0 saturated heterocycles. The van der Waals surface area contributed by atoms with E-state index in [0.717, 1.165) is 10.6 Å². The summed E-state index contributed by atoms with van der Waals surface area (Å²) < 4.78 is 26.1. The predicted molar refractivity (Wildman–Crippen MR) is 84.8 cm³/mol. The molecule has 2 rings (SSSR count). The van der Waals surface area contributed by atoms with E-state index in [-0.39, 0.29) is 6.04 Å². The maximum Gasteiger partial charge on any atom is 0.159 e. The lowest BCUT2D eigenvalue weighted by Gasteiger charge is -2.19. The van der Waals surface area contributed by atoms with E-state index in [1.54, 1.807) is 6.07 Å². The number of hydrogen-bond acceptors (Lipinski definition) is 2. The summed E-state index contributed by atoms with van der Waals surface area (Å²) in [5.74, 6) is -0.850. The van der Waals surface area contributed by atoms with Crippen molar-refractivity contribution in [2.45, 2.75) is 24.8 Å². The second-order valence-electron chi connectivity index (χ2n) is 5.09. The van der Waals surface area contributed by atoms with Crippen LogP contribution in [0.15, 0.2) is 41.3 Å². The standard InChI is InChI=1S/C17H19F2NS/c1-11-4-6-14(12(2)8-11)17(20-3)10-21-13-5-7-15(18)16(19)9-13/h4-9,17,20H,10H2,1-3H3. The Kier molecular flexibility index (Phi) is 5.37. The van der Waals surface area contributed by atoms with Crippen LogP contribution in [-0.2, 0) is 0 Å². The molecule has 112 valence electrons. The molecule has 1 atom stereocenters. The zero-order valence-electron chi connectivity index (χ0n) is 12.4. The third kappa shape index (κ3) is 4.05. The van der Waals surface area contributed by atoms with Crippen LogP contribution in [-0.4, -0.2) is 12.8 Å². The fourth-order valence-electron chi connectivity index (χ4n) is 2.29. The third-order valence-electron chi connectivity index (χ3n) is 3.46. The minimum absolute atomic E-state index is 0.170. The number of nitrogens with one attached hydrogen (secondary N) is 1. The Hall–Kier alpha value is -1.39. The van der Waals surface area contributed by atoms with E-state index in [4.69, 9.17) is 0 Å². The molecule has 1 N–H and O–H groups in total. The summed E-state index contributed by atoms with van der Waals surface area (Å²) in [6, 6.07) is 10.6. The van der Waals surface area contributed by atoms with E-state index in [9.17, 15) is 8.78 Å². The summed E-state index contributed by atoms with van der Waals surface area (Å²) in [7, 11) is 1.91. The highest BCUT2D eigenvalue weighted by Crippen LogP contribution is 2.27. The molecule has 0 radical (unpaired) electrons. The molecule has 0 amide bonds. The van der Waals surface area contributed by atoms with Gasteiger partial charge in [0.1, 0.15) is 0 Å². The molecule has 0 bridgehead atoms. The molecule has 0 saturated carbocycles. The largest absolute Gasteiger partial charge is 0.312 e. The van der Waals surface area contributed by atoms with E-state index >= 15 is 0 Å². The zero-order valence-corrected chi connectivity index (χ0v) is 13.2. The molecule has 2 aromatic carbocycles. The number of thioether (sulfide) groups is 1. The molecular weight excluding hydrogens is 288 g/mol. The van der Waals surface area contributed by atoms with E-state index in [1.807, 2.05) is 7.05 Å². The number of halogens is 2. The van der Waals surface area contributed by atoms with Crippen LogP contribution >= 0.6 is 11.8 Å². The van der Waals surface area contributed by atoms with E-state index in [0.29, 0.717) is 0 Å². The molecule has 1 unspecified atom stereocenters. The molecule has 0 aliphatic heterocycles. The minimum atomic E-state index is -0.807. The maximum atomic E-state index is 13.2. The highest BCUT2D eigenvalue weighted by Gasteiger charge is 2.13. The Morgan fingerprint density at radius 3 is 2.43 bits per heavy atom. The number of aryl methyl sites for hydroxylation is 2. The Labute approximate surface area is 128 Å². The third-order valence-corrected chi connectivity index (χ3v) is 4.54. The topological polar surface area (TPSA) is 12.0 Å². The fraction of sp³-hybridized carbons (Fsp3) is 0.294. The molecule has 1 nitrogen and oxygen atoms in total. The molecule has 2 aromatic rings. The van der Waals surface area contributed by atoms with Gasteiger partial charge in [0.05, 0.1) is 0 Å². The van der Waals surface area contributed by atoms with Gasteiger partial charge in [-0.1, -0.05) is 23.8 Å². The minimum Gasteiger partial charge on any atom is -0.312 e. The average Bonchev–Trinajstić information content (AvgIpc) is 2.45. The summed E-state index contributed by atoms with van der Waals surface area (Å²) in [6.07, 6.45) is 0. The molecule has 0 spiro atoms. The Morgan fingerprint density at radius 1 is 1.05 bits per heavy atom. The number of benzene rings is 2. The van der Waals surface area contributed by atoms with Gasteiger partial charge in [-0.05, 0) is 50.2 Å². The Balaban J connectivity index is 2.10. The van der Waals surface area contributed by atoms with Crippen LogP contribution in [0.2, 0.25) is 0 Å². The molecule has 21 heavy (non-hydrogen) atoms. The van der Waals surface area contributed by atoms with Gasteiger partial charge >= 0.3 is 0 Å². The van der Waals surface area contributed by atoms with Crippen molar-refractivity contribution < 1.29 is 8.78 Å². The molecule has 0 aliphatic rings. The van der Waals surface area contributed by atoms with Crippen molar-refractivity contribution in [1.29, 1.82) is 0 Å². The van der Waals surface area contributed by atoms with Gasteiger partial charge in [0, 0.05) is 16.7 Å². The van der Waals surface area contributed by atoms with Crippen molar-refractivity contribution >= 4 is 11.8 Å². The first kappa shape index (κ1) is 16.0. The van der Waals surface area contributed by atoms with Gasteiger partial charge in [0.2, 0.25) is 0 Å². The van der Waals surface area contributed by atoms with E-state index in [2.05, 4.69) is 37.4 Å². The van der Waals surface area contributed by atoms with Crippen molar-refractivity contribution in [3.63, 3.8) is 0 Å². The quantitative estimate of drug-likeness (QED) is 0.808. The van der Waals surface area contributed by atoms with Crippen LogP contribution in [0, 0.1) is 25.5 Å². The van der Waals surface area contributed by atoms with Gasteiger partial charge < -0.3 is 5.32 Å². The van der Waals surface area contributed by atoms with Crippen molar-refractivity contribution in [2.75, 3.05) is 12.8 Å². The molecule has 0 fully saturated rings. The molecular formula is C17H19F2NS. The Bertz CT molecular complexity index is 628. The maximum absolute atomic E-state index is 13.2. The van der Waals surface area contributed by atoms with Crippen LogP contribution in [0.4, 0.5) is 8.78 Å². The summed E-state index contributed by atoms with van der Waals surface area (Å²) in [5, 5.41) is 3.29. The highest BCUT2D eigenvalue weighted by atomic mass is 32.2. The van der Waals surface area contributed by atoms with Crippen LogP contribution < -0.4 is 5.32 Å². The summed E-state index contributed by atoms with van der Waals surface area (Å²) in [5.41, 5.74) is 3.71. The second-order valence-corrected chi connectivity index (χ2v) is 6.18. The normalized spacial score (nSPS) is 12.4. The van der Waals surface area contributed by atoms with E-state index in [1.165, 1.54) is 40.6 Å². The monoisotopic (exact) mass is 307 g/mol. The van der Waals surface area contributed by atoms with Crippen LogP contribution in [0.25, 0.3) is 0 Å². The lowest BCUT2D eigenvalue weighted by atomic mass is 10.0.